The second-order valence-electron chi connectivity index (χ2n) is 5.43. The molecule has 0 heteroatoms. The number of benzene rings is 3. The van der Waals surface area contributed by atoms with Gasteiger partial charge in [-0.1, -0.05) is 63.1 Å². The summed E-state index contributed by atoms with van der Waals surface area (Å²) in [5, 5.41) is 5.35. The Kier molecular flexibility index (Phi) is 4.79. The van der Waals surface area contributed by atoms with Gasteiger partial charge in [0.2, 0.25) is 0 Å². The Labute approximate surface area is 122 Å². The largest absolute Gasteiger partial charge is 0.0654 e. The molecule has 0 aliphatic carbocycles. The van der Waals surface area contributed by atoms with Crippen LogP contribution in [0.25, 0.3) is 21.5 Å². The molecule has 0 aromatic heterocycles. The summed E-state index contributed by atoms with van der Waals surface area (Å²) >= 11 is 0. The predicted octanol–water partition coefficient (Wildman–Crippen LogP) is 6.42. The van der Waals surface area contributed by atoms with Crippen LogP contribution >= 0.6 is 0 Å². The minimum Gasteiger partial charge on any atom is -0.0654 e. The molecule has 104 valence electrons. The fourth-order valence-electron chi connectivity index (χ4n) is 2.27. The van der Waals surface area contributed by atoms with Crippen LogP contribution in [0, 0.1) is 13.8 Å². The Bertz CT molecular complexity index is 706. The highest BCUT2D eigenvalue weighted by molar-refractivity contribution is 5.99. The molecule has 3 aromatic carbocycles. The maximum absolute atomic E-state index is 2.30. The van der Waals surface area contributed by atoms with Crippen molar-refractivity contribution in [1.82, 2.24) is 0 Å². The smallest absolute Gasteiger partial charge is 0.0146 e. The van der Waals surface area contributed by atoms with E-state index in [9.17, 15) is 0 Å². The van der Waals surface area contributed by atoms with Crippen molar-refractivity contribution in [2.75, 3.05) is 0 Å². The molecule has 3 rings (SSSR count). The number of rotatable bonds is 1. The van der Waals surface area contributed by atoms with Gasteiger partial charge in [0.1, 0.15) is 0 Å². The van der Waals surface area contributed by atoms with E-state index in [0.29, 0.717) is 0 Å². The third kappa shape index (κ3) is 3.01. The van der Waals surface area contributed by atoms with E-state index < -0.39 is 0 Å². The van der Waals surface area contributed by atoms with Crippen molar-refractivity contribution < 1.29 is 0 Å². The van der Waals surface area contributed by atoms with E-state index >= 15 is 0 Å². The molecule has 0 atom stereocenters. The Hall–Kier alpha value is -1.82. The van der Waals surface area contributed by atoms with Gasteiger partial charge >= 0.3 is 0 Å². The van der Waals surface area contributed by atoms with E-state index in [1.807, 2.05) is 0 Å². The molecule has 0 bridgehead atoms. The lowest BCUT2D eigenvalue weighted by Gasteiger charge is -2.07. The molecule has 0 aliphatic rings. The van der Waals surface area contributed by atoms with Gasteiger partial charge in [0.15, 0.2) is 0 Å². The first kappa shape index (κ1) is 14.6. The van der Waals surface area contributed by atoms with E-state index in [2.05, 4.69) is 76.2 Å². The molecule has 0 unspecified atom stereocenters. The zero-order valence-electron chi connectivity index (χ0n) is 13.0. The number of aryl methyl sites for hydroxylation is 2. The maximum atomic E-state index is 2.30. The zero-order chi connectivity index (χ0) is 14.5. The molecule has 0 N–H and O–H groups in total. The summed E-state index contributed by atoms with van der Waals surface area (Å²) in [5.74, 6) is 0. The summed E-state index contributed by atoms with van der Waals surface area (Å²) in [6.45, 7) is 8.73. The minimum atomic E-state index is 1.32. The molecule has 20 heavy (non-hydrogen) atoms. The van der Waals surface area contributed by atoms with Crippen LogP contribution in [-0.4, -0.2) is 0 Å². The van der Waals surface area contributed by atoms with E-state index in [4.69, 9.17) is 0 Å². The van der Waals surface area contributed by atoms with Crippen molar-refractivity contribution in [2.24, 2.45) is 0 Å². The first-order valence-corrected chi connectivity index (χ1v) is 7.56. The van der Waals surface area contributed by atoms with Crippen LogP contribution in [0.3, 0.4) is 0 Å². The molecular formula is C20H24. The highest BCUT2D eigenvalue weighted by Gasteiger charge is 2.01. The summed E-state index contributed by atoms with van der Waals surface area (Å²) in [6.07, 6.45) is 2.64. The topological polar surface area (TPSA) is 0 Å². The summed E-state index contributed by atoms with van der Waals surface area (Å²) in [4.78, 5) is 0. The normalized spacial score (nSPS) is 10.4. The highest BCUT2D eigenvalue weighted by Crippen LogP contribution is 2.26. The molecule has 0 heterocycles. The van der Waals surface area contributed by atoms with Crippen LogP contribution in [0.1, 0.15) is 37.8 Å². The maximum Gasteiger partial charge on any atom is -0.0146 e. The van der Waals surface area contributed by atoms with Crippen LogP contribution in [0.15, 0.2) is 48.5 Å². The van der Waals surface area contributed by atoms with Crippen molar-refractivity contribution in [1.29, 1.82) is 0 Å². The van der Waals surface area contributed by atoms with Gasteiger partial charge in [0.05, 0.1) is 0 Å². The summed E-state index contributed by atoms with van der Waals surface area (Å²) in [5.41, 5.74) is 2.76. The van der Waals surface area contributed by atoms with E-state index in [-0.39, 0.29) is 0 Å². The highest BCUT2D eigenvalue weighted by atomic mass is 14.1. The number of hydrogen-bond acceptors (Lipinski definition) is 0. The summed E-state index contributed by atoms with van der Waals surface area (Å²) in [6, 6.07) is 17.5. The third-order valence-corrected chi connectivity index (χ3v) is 3.93. The molecule has 3 aromatic rings. The lowest BCUT2D eigenvalue weighted by molar-refractivity contribution is 0.886. The van der Waals surface area contributed by atoms with Gasteiger partial charge in [-0.05, 0) is 58.7 Å². The lowest BCUT2D eigenvalue weighted by Crippen LogP contribution is -1.84. The van der Waals surface area contributed by atoms with Crippen molar-refractivity contribution in [3.63, 3.8) is 0 Å². The Balaban J connectivity index is 0.000000328. The molecular weight excluding hydrogens is 240 g/mol. The number of hydrogen-bond donors (Lipinski definition) is 0. The molecule has 0 nitrogen and oxygen atoms in total. The van der Waals surface area contributed by atoms with Crippen LogP contribution in [0.5, 0.6) is 0 Å². The molecule has 0 saturated carbocycles. The van der Waals surface area contributed by atoms with Gasteiger partial charge in [0, 0.05) is 0 Å². The third-order valence-electron chi connectivity index (χ3n) is 3.93. The summed E-state index contributed by atoms with van der Waals surface area (Å²) in [7, 11) is 0. The number of fused-ring (bicyclic) bond motifs is 2. The zero-order valence-corrected chi connectivity index (χ0v) is 13.0. The van der Waals surface area contributed by atoms with Crippen LogP contribution in [0.2, 0.25) is 0 Å². The molecule has 0 fully saturated rings. The van der Waals surface area contributed by atoms with Gasteiger partial charge in [-0.15, -0.1) is 0 Å². The average Bonchev–Trinajstić information content (AvgIpc) is 2.50. The first-order valence-electron chi connectivity index (χ1n) is 7.56. The van der Waals surface area contributed by atoms with Gasteiger partial charge in [-0.25, -0.2) is 0 Å². The first-order chi connectivity index (χ1) is 9.67. The number of unbranched alkanes of at least 4 members (excludes halogenated alkanes) is 1. The minimum absolute atomic E-state index is 1.32. The second kappa shape index (κ2) is 6.56. The fraction of sp³-hybridized carbons (Fsp3) is 0.300. The van der Waals surface area contributed by atoms with Crippen LogP contribution < -0.4 is 0 Å². The Morgan fingerprint density at radius 3 is 1.90 bits per heavy atom. The van der Waals surface area contributed by atoms with Crippen molar-refractivity contribution in [2.45, 2.75) is 40.5 Å². The Morgan fingerprint density at radius 1 is 0.700 bits per heavy atom. The molecule has 0 aliphatic heterocycles. The average molecular weight is 264 g/mol. The summed E-state index contributed by atoms with van der Waals surface area (Å²) < 4.78 is 0. The molecule has 0 radical (unpaired) electrons. The van der Waals surface area contributed by atoms with Crippen molar-refractivity contribution in [3.05, 3.63) is 59.7 Å². The van der Waals surface area contributed by atoms with Gasteiger partial charge in [-0.2, -0.15) is 0 Å². The van der Waals surface area contributed by atoms with Gasteiger partial charge in [0.25, 0.3) is 0 Å². The van der Waals surface area contributed by atoms with E-state index in [0.717, 1.165) is 0 Å². The SMILES string of the molecule is CCCC.Cc1ccc2cc3ccccc3cc2c1C. The van der Waals surface area contributed by atoms with Crippen molar-refractivity contribution >= 4 is 21.5 Å². The lowest BCUT2D eigenvalue weighted by atomic mass is 9.97. The standard InChI is InChI=1S/C16H14.C4H10/c1-11-7-8-15-9-13-5-3-4-6-14(13)10-16(15)12(11)2;1-3-4-2/h3-10H,1-2H3;3-4H2,1-2H3. The molecule has 0 spiro atoms. The van der Waals surface area contributed by atoms with Crippen LogP contribution in [-0.2, 0) is 0 Å². The quantitative estimate of drug-likeness (QED) is 0.445. The van der Waals surface area contributed by atoms with Gasteiger partial charge in [-0.3, -0.25) is 0 Å². The second-order valence-corrected chi connectivity index (χ2v) is 5.43. The van der Waals surface area contributed by atoms with E-state index in [1.165, 1.54) is 45.5 Å². The van der Waals surface area contributed by atoms with E-state index in [1.54, 1.807) is 0 Å². The molecule has 0 amide bonds. The van der Waals surface area contributed by atoms with Crippen LogP contribution in [0.4, 0.5) is 0 Å². The van der Waals surface area contributed by atoms with Gasteiger partial charge < -0.3 is 0 Å². The Morgan fingerprint density at radius 2 is 1.30 bits per heavy atom. The van der Waals surface area contributed by atoms with Crippen molar-refractivity contribution in [3.8, 4) is 0 Å². The fourth-order valence-corrected chi connectivity index (χ4v) is 2.27. The monoisotopic (exact) mass is 264 g/mol. The predicted molar refractivity (Wildman–Crippen MR) is 91.5 cm³/mol. The molecule has 0 saturated heterocycles.